The molecule has 6 heteroatoms. The molecule has 0 aliphatic heterocycles. The van der Waals surface area contributed by atoms with E-state index < -0.39 is 0 Å². The van der Waals surface area contributed by atoms with E-state index in [4.69, 9.17) is 0 Å². The van der Waals surface area contributed by atoms with Gasteiger partial charge in [-0.25, -0.2) is 9.97 Å². The zero-order chi connectivity index (χ0) is 15.8. The van der Waals surface area contributed by atoms with Crippen molar-refractivity contribution in [1.29, 1.82) is 0 Å². The number of carbonyl (C=O) groups is 1. The number of thiophene rings is 1. The molecule has 4 rings (SSSR count). The third-order valence-electron chi connectivity index (χ3n) is 4.63. The number of amides is 1. The van der Waals surface area contributed by atoms with Crippen molar-refractivity contribution in [1.82, 2.24) is 15.3 Å². The molecular formula is C17H22N4OS. The Labute approximate surface area is 139 Å². The first-order valence-corrected chi connectivity index (χ1v) is 9.32. The van der Waals surface area contributed by atoms with E-state index in [9.17, 15) is 4.79 Å². The Morgan fingerprint density at radius 2 is 2.09 bits per heavy atom. The molecule has 0 unspecified atom stereocenters. The van der Waals surface area contributed by atoms with E-state index in [1.165, 1.54) is 36.1 Å². The van der Waals surface area contributed by atoms with Crippen molar-refractivity contribution in [2.45, 2.75) is 45.4 Å². The number of nitrogens with zero attached hydrogens (tertiary/aromatic N) is 2. The zero-order valence-corrected chi connectivity index (χ0v) is 14.3. The van der Waals surface area contributed by atoms with Crippen LogP contribution in [-0.2, 0) is 17.6 Å². The molecule has 5 nitrogen and oxygen atoms in total. The maximum atomic E-state index is 12.0. The summed E-state index contributed by atoms with van der Waals surface area (Å²) in [6, 6.07) is 0. The van der Waals surface area contributed by atoms with Gasteiger partial charge in [-0.3, -0.25) is 4.79 Å². The van der Waals surface area contributed by atoms with Gasteiger partial charge in [0.2, 0.25) is 5.91 Å². The zero-order valence-electron chi connectivity index (χ0n) is 13.4. The van der Waals surface area contributed by atoms with Crippen molar-refractivity contribution in [2.24, 2.45) is 5.92 Å². The van der Waals surface area contributed by atoms with Crippen molar-refractivity contribution in [2.75, 3.05) is 18.4 Å². The van der Waals surface area contributed by atoms with E-state index in [0.717, 1.165) is 41.2 Å². The second kappa shape index (κ2) is 6.07. The minimum absolute atomic E-state index is 0.0467. The van der Waals surface area contributed by atoms with Gasteiger partial charge in [0.1, 0.15) is 16.5 Å². The van der Waals surface area contributed by atoms with Crippen LogP contribution >= 0.6 is 11.3 Å². The number of anilines is 1. The molecule has 0 aromatic carbocycles. The Morgan fingerprint density at radius 1 is 1.26 bits per heavy atom. The summed E-state index contributed by atoms with van der Waals surface area (Å²) in [5, 5.41) is 7.39. The molecule has 1 amide bonds. The van der Waals surface area contributed by atoms with Crippen LogP contribution in [0.3, 0.4) is 0 Å². The van der Waals surface area contributed by atoms with E-state index in [2.05, 4.69) is 20.6 Å². The molecule has 0 saturated heterocycles. The van der Waals surface area contributed by atoms with Crippen LogP contribution in [0, 0.1) is 12.8 Å². The summed E-state index contributed by atoms with van der Waals surface area (Å²) in [5.41, 5.74) is 1.40. The van der Waals surface area contributed by atoms with Crippen LogP contribution in [-0.4, -0.2) is 29.0 Å². The number of nitrogens with one attached hydrogen (secondary N) is 2. The van der Waals surface area contributed by atoms with Crippen molar-refractivity contribution in [3.63, 3.8) is 0 Å². The van der Waals surface area contributed by atoms with Gasteiger partial charge in [-0.05, 0) is 56.9 Å². The lowest BCUT2D eigenvalue weighted by atomic mass is 9.97. The number of aromatic nitrogens is 2. The van der Waals surface area contributed by atoms with Crippen LogP contribution in [0.4, 0.5) is 5.82 Å². The summed E-state index contributed by atoms with van der Waals surface area (Å²) >= 11 is 1.79. The second-order valence-corrected chi connectivity index (χ2v) is 7.70. The number of carbonyl (C=O) groups excluding carboxylic acids is 1. The van der Waals surface area contributed by atoms with Gasteiger partial charge in [-0.2, -0.15) is 0 Å². The van der Waals surface area contributed by atoms with Crippen LogP contribution in [0.2, 0.25) is 0 Å². The van der Waals surface area contributed by atoms with Crippen LogP contribution in [0.1, 0.15) is 41.9 Å². The smallest absolute Gasteiger partial charge is 0.239 e. The average Bonchev–Trinajstić information content (AvgIpc) is 3.29. The third-order valence-corrected chi connectivity index (χ3v) is 5.81. The van der Waals surface area contributed by atoms with Crippen LogP contribution in [0.5, 0.6) is 0 Å². The van der Waals surface area contributed by atoms with Gasteiger partial charge in [0, 0.05) is 11.4 Å². The Kier molecular flexibility index (Phi) is 3.93. The topological polar surface area (TPSA) is 66.9 Å². The molecule has 0 radical (unpaired) electrons. The molecule has 23 heavy (non-hydrogen) atoms. The molecule has 2 aromatic rings. The largest absolute Gasteiger partial charge is 0.360 e. The summed E-state index contributed by atoms with van der Waals surface area (Å²) in [5.74, 6) is 2.34. The quantitative estimate of drug-likeness (QED) is 0.885. The number of aryl methyl sites for hydroxylation is 3. The summed E-state index contributed by atoms with van der Waals surface area (Å²) < 4.78 is 0. The van der Waals surface area contributed by atoms with Crippen molar-refractivity contribution in [3.8, 4) is 0 Å². The first kappa shape index (κ1) is 14.9. The summed E-state index contributed by atoms with van der Waals surface area (Å²) in [4.78, 5) is 23.7. The van der Waals surface area contributed by atoms with E-state index in [-0.39, 0.29) is 12.5 Å². The van der Waals surface area contributed by atoms with Crippen LogP contribution < -0.4 is 10.6 Å². The average molecular weight is 330 g/mol. The van der Waals surface area contributed by atoms with Crippen LogP contribution in [0.25, 0.3) is 10.2 Å². The van der Waals surface area contributed by atoms with Gasteiger partial charge in [0.05, 0.1) is 11.9 Å². The fraction of sp³-hybridized carbons (Fsp3) is 0.588. The molecule has 1 saturated carbocycles. The lowest BCUT2D eigenvalue weighted by Gasteiger charge is -2.13. The highest BCUT2D eigenvalue weighted by Gasteiger charge is 2.22. The number of rotatable bonds is 5. The van der Waals surface area contributed by atoms with E-state index in [1.807, 2.05) is 6.92 Å². The monoisotopic (exact) mass is 330 g/mol. The molecule has 2 aliphatic rings. The Balaban J connectivity index is 1.55. The highest BCUT2D eigenvalue weighted by molar-refractivity contribution is 7.19. The number of hydrogen-bond acceptors (Lipinski definition) is 5. The maximum absolute atomic E-state index is 12.0. The van der Waals surface area contributed by atoms with E-state index >= 15 is 0 Å². The Bertz CT molecular complexity index is 751. The summed E-state index contributed by atoms with van der Waals surface area (Å²) in [6.07, 6.45) is 7.24. The molecule has 2 aliphatic carbocycles. The van der Waals surface area contributed by atoms with Gasteiger partial charge < -0.3 is 10.6 Å². The maximum Gasteiger partial charge on any atom is 0.239 e. The van der Waals surface area contributed by atoms with Gasteiger partial charge >= 0.3 is 0 Å². The molecule has 1 fully saturated rings. The lowest BCUT2D eigenvalue weighted by molar-refractivity contribution is -0.119. The van der Waals surface area contributed by atoms with Crippen LogP contribution in [0.15, 0.2) is 0 Å². The van der Waals surface area contributed by atoms with Crippen molar-refractivity contribution < 1.29 is 4.79 Å². The van der Waals surface area contributed by atoms with E-state index in [1.54, 1.807) is 11.3 Å². The predicted molar refractivity (Wildman–Crippen MR) is 93.0 cm³/mol. The predicted octanol–water partition coefficient (Wildman–Crippen LogP) is 2.82. The normalized spacial score (nSPS) is 17.1. The fourth-order valence-corrected chi connectivity index (χ4v) is 4.51. The fourth-order valence-electron chi connectivity index (χ4n) is 3.20. The van der Waals surface area contributed by atoms with Gasteiger partial charge in [0.25, 0.3) is 0 Å². The number of fused-ring (bicyclic) bond motifs is 3. The first-order chi connectivity index (χ1) is 11.2. The molecule has 2 aromatic heterocycles. The standard InChI is InChI=1S/C17H22N4OS/c1-10-20-16(19-9-14(22)18-8-11-6-7-11)15-12-4-2-3-5-13(12)23-17(15)21-10/h11H,2-9H2,1H3,(H,18,22)(H,19,20,21). The molecule has 0 bridgehead atoms. The molecule has 122 valence electrons. The Hall–Kier alpha value is -1.69. The minimum Gasteiger partial charge on any atom is -0.360 e. The highest BCUT2D eigenvalue weighted by atomic mass is 32.1. The van der Waals surface area contributed by atoms with Gasteiger partial charge in [0.15, 0.2) is 0 Å². The van der Waals surface area contributed by atoms with Crippen molar-refractivity contribution >= 4 is 33.3 Å². The highest BCUT2D eigenvalue weighted by Crippen LogP contribution is 2.38. The van der Waals surface area contributed by atoms with E-state index in [0.29, 0.717) is 5.92 Å². The lowest BCUT2D eigenvalue weighted by Crippen LogP contribution is -2.31. The minimum atomic E-state index is 0.0467. The summed E-state index contributed by atoms with van der Waals surface area (Å²) in [7, 11) is 0. The first-order valence-electron chi connectivity index (χ1n) is 8.50. The molecular weight excluding hydrogens is 308 g/mol. The van der Waals surface area contributed by atoms with Crippen molar-refractivity contribution in [3.05, 3.63) is 16.3 Å². The SMILES string of the molecule is Cc1nc(NCC(=O)NCC2CC2)c2c3c(sc2n1)CCCC3. The van der Waals surface area contributed by atoms with Gasteiger partial charge in [-0.15, -0.1) is 11.3 Å². The van der Waals surface area contributed by atoms with Gasteiger partial charge in [-0.1, -0.05) is 0 Å². The third kappa shape index (κ3) is 3.17. The second-order valence-electron chi connectivity index (χ2n) is 6.61. The molecule has 0 spiro atoms. The Morgan fingerprint density at radius 3 is 2.91 bits per heavy atom. The molecule has 2 heterocycles. The number of hydrogen-bond donors (Lipinski definition) is 2. The molecule has 0 atom stereocenters. The molecule has 2 N–H and O–H groups in total. The summed E-state index contributed by atoms with van der Waals surface area (Å²) in [6.45, 7) is 3.01.